The van der Waals surface area contributed by atoms with E-state index in [1.165, 1.54) is 4.68 Å². The van der Waals surface area contributed by atoms with Gasteiger partial charge in [0.25, 0.3) is 11.6 Å². The number of pyridine rings is 1. The molecule has 0 fully saturated rings. The lowest BCUT2D eigenvalue weighted by Crippen LogP contribution is -2.40. The van der Waals surface area contributed by atoms with E-state index in [0.717, 1.165) is 22.4 Å². The van der Waals surface area contributed by atoms with Crippen LogP contribution in [0.2, 0.25) is 5.02 Å². The molecule has 0 radical (unpaired) electrons. The van der Waals surface area contributed by atoms with Crippen LogP contribution in [0.1, 0.15) is 29.3 Å². The summed E-state index contributed by atoms with van der Waals surface area (Å²) in [5.74, 6) is -1.57. The molecule has 0 N–H and O–H groups in total. The summed E-state index contributed by atoms with van der Waals surface area (Å²) in [5, 5.41) is 18.5. The first-order chi connectivity index (χ1) is 17.3. The van der Waals surface area contributed by atoms with Gasteiger partial charge in [0, 0.05) is 22.2 Å². The molecule has 5 rings (SSSR count). The molecule has 0 saturated carbocycles. The summed E-state index contributed by atoms with van der Waals surface area (Å²) in [4.78, 5) is 28.9. The smallest absolute Gasteiger partial charge is 0.331 e. The topological polar surface area (TPSA) is 82.1 Å². The second kappa shape index (κ2) is 9.09. The van der Waals surface area contributed by atoms with Gasteiger partial charge in [-0.1, -0.05) is 36.7 Å². The Kier molecular flexibility index (Phi) is 5.94. The van der Waals surface area contributed by atoms with Gasteiger partial charge in [0.1, 0.15) is 5.57 Å². The monoisotopic (exact) mass is 498 g/mol. The average molecular weight is 499 g/mol. The summed E-state index contributed by atoms with van der Waals surface area (Å²) in [5.41, 5.74) is 3.36. The Balaban J connectivity index is 1.76. The highest BCUT2D eigenvalue weighted by atomic mass is 35.5. The number of benzene rings is 2. The number of hydrogen-bond donors (Lipinski definition) is 0. The molecule has 4 aromatic rings. The Hall–Kier alpha value is -4.23. The number of rotatable bonds is 5. The van der Waals surface area contributed by atoms with Crippen molar-refractivity contribution in [2.24, 2.45) is 0 Å². The van der Waals surface area contributed by atoms with Crippen LogP contribution in [0, 0.1) is 13.8 Å². The Morgan fingerprint density at radius 1 is 0.972 bits per heavy atom. The fraction of sp³-hybridized carbons (Fsp3) is 0.143. The van der Waals surface area contributed by atoms with E-state index >= 15 is 0 Å². The van der Waals surface area contributed by atoms with Gasteiger partial charge in [-0.15, -0.1) is 0 Å². The molecule has 8 heteroatoms. The van der Waals surface area contributed by atoms with Gasteiger partial charge in [-0.05, 0) is 68.1 Å². The third kappa shape index (κ3) is 3.87. The summed E-state index contributed by atoms with van der Waals surface area (Å²) in [6, 6.07) is 17.6. The van der Waals surface area contributed by atoms with E-state index in [9.17, 15) is 14.7 Å². The van der Waals surface area contributed by atoms with E-state index in [2.05, 4.69) is 5.10 Å². The molecular formula is C28H23ClN4O3. The molecule has 180 valence electrons. The first kappa shape index (κ1) is 23.5. The maximum absolute atomic E-state index is 13.9. The zero-order chi connectivity index (χ0) is 25.6. The van der Waals surface area contributed by atoms with Crippen molar-refractivity contribution in [3.63, 3.8) is 0 Å². The lowest BCUT2D eigenvalue weighted by atomic mass is 10.0. The van der Waals surface area contributed by atoms with Gasteiger partial charge in [0.2, 0.25) is 0 Å². The Morgan fingerprint density at radius 3 is 2.44 bits per heavy atom. The standard InChI is InChI=1S/C28H23ClN4O3/c1-4-19-9-7-13-31(16-19)25-24(26(34)32(28(25)36)21-11-5-8-17(2)14-21)23-18(3)30-33(27(23)35)22-12-6-10-20(29)15-22/h5-16H,4H2,1-3H3. The van der Waals surface area contributed by atoms with Gasteiger partial charge in [-0.2, -0.15) is 9.67 Å². The highest BCUT2D eigenvalue weighted by Crippen LogP contribution is 2.38. The molecule has 1 aliphatic heterocycles. The van der Waals surface area contributed by atoms with Crippen LogP contribution >= 0.6 is 11.6 Å². The highest BCUT2D eigenvalue weighted by Gasteiger charge is 2.47. The number of anilines is 1. The maximum atomic E-state index is 13.9. The van der Waals surface area contributed by atoms with Crippen molar-refractivity contribution in [2.75, 3.05) is 4.90 Å². The van der Waals surface area contributed by atoms with Crippen LogP contribution in [0.5, 0.6) is 5.88 Å². The third-order valence-corrected chi connectivity index (χ3v) is 6.40. The Bertz CT molecular complexity index is 1570. The van der Waals surface area contributed by atoms with Crippen molar-refractivity contribution >= 4 is 40.4 Å². The molecule has 2 aromatic carbocycles. The number of imide groups is 1. The van der Waals surface area contributed by atoms with Crippen LogP contribution < -0.4 is 14.6 Å². The molecule has 36 heavy (non-hydrogen) atoms. The third-order valence-electron chi connectivity index (χ3n) is 6.17. The predicted molar refractivity (Wildman–Crippen MR) is 136 cm³/mol. The first-order valence-corrected chi connectivity index (χ1v) is 11.9. The van der Waals surface area contributed by atoms with E-state index in [1.807, 2.05) is 38.2 Å². The Morgan fingerprint density at radius 2 is 1.72 bits per heavy atom. The zero-order valence-corrected chi connectivity index (χ0v) is 20.8. The molecule has 0 aliphatic carbocycles. The minimum atomic E-state index is -0.569. The largest absolute Gasteiger partial charge is 0.858 e. The number of halogens is 1. The molecule has 0 saturated heterocycles. The van der Waals surface area contributed by atoms with Gasteiger partial charge >= 0.3 is 5.91 Å². The number of aryl methyl sites for hydroxylation is 3. The van der Waals surface area contributed by atoms with Crippen LogP contribution in [0.25, 0.3) is 17.0 Å². The van der Waals surface area contributed by atoms with Crippen LogP contribution in [-0.2, 0) is 16.0 Å². The summed E-state index contributed by atoms with van der Waals surface area (Å²) >= 11 is 6.13. The SMILES string of the molecule is CCc1ccc[n+](C2=C(c3c(C)nn(-c4cccc(Cl)c4)c3[O-])C(=O)N(c3cccc(C)c3)C2=O)c1. The molecule has 0 bridgehead atoms. The molecule has 0 unspecified atom stereocenters. The number of carbonyl (C=O) groups excluding carboxylic acids is 2. The average Bonchev–Trinajstić information content (AvgIpc) is 3.29. The van der Waals surface area contributed by atoms with E-state index in [0.29, 0.717) is 22.1 Å². The van der Waals surface area contributed by atoms with E-state index in [1.54, 1.807) is 60.2 Å². The van der Waals surface area contributed by atoms with Crippen molar-refractivity contribution in [2.45, 2.75) is 27.2 Å². The number of amides is 2. The van der Waals surface area contributed by atoms with Crippen LogP contribution in [0.3, 0.4) is 0 Å². The van der Waals surface area contributed by atoms with Gasteiger partial charge < -0.3 is 5.11 Å². The lowest BCUT2D eigenvalue weighted by Gasteiger charge is -2.16. The van der Waals surface area contributed by atoms with Crippen LogP contribution in [-0.4, -0.2) is 21.6 Å². The van der Waals surface area contributed by atoms with E-state index < -0.39 is 17.7 Å². The van der Waals surface area contributed by atoms with Crippen LogP contribution in [0.15, 0.2) is 73.1 Å². The molecule has 0 spiro atoms. The van der Waals surface area contributed by atoms with Crippen molar-refractivity contribution in [3.05, 3.63) is 100 Å². The lowest BCUT2D eigenvalue weighted by molar-refractivity contribution is -0.577. The fourth-order valence-electron chi connectivity index (χ4n) is 4.43. The molecule has 1 aliphatic rings. The minimum absolute atomic E-state index is 0.0236. The van der Waals surface area contributed by atoms with E-state index in [4.69, 9.17) is 11.6 Å². The second-order valence-corrected chi connectivity index (χ2v) is 9.08. The minimum Gasteiger partial charge on any atom is -0.858 e. The van der Waals surface area contributed by atoms with Gasteiger partial charge in [0.05, 0.1) is 17.1 Å². The molecular weight excluding hydrogens is 476 g/mol. The van der Waals surface area contributed by atoms with E-state index in [-0.39, 0.29) is 16.8 Å². The quantitative estimate of drug-likeness (QED) is 0.307. The van der Waals surface area contributed by atoms with Crippen molar-refractivity contribution in [1.29, 1.82) is 0 Å². The van der Waals surface area contributed by atoms with Crippen LogP contribution in [0.4, 0.5) is 5.69 Å². The highest BCUT2D eigenvalue weighted by molar-refractivity contribution is 6.53. The molecule has 2 amide bonds. The van der Waals surface area contributed by atoms with Gasteiger partial charge in [0.15, 0.2) is 12.4 Å². The van der Waals surface area contributed by atoms with Crippen molar-refractivity contribution in [3.8, 4) is 11.6 Å². The molecule has 3 heterocycles. The summed E-state index contributed by atoms with van der Waals surface area (Å²) in [6.07, 6.45) is 4.26. The number of carbonyl (C=O) groups is 2. The van der Waals surface area contributed by atoms with Crippen molar-refractivity contribution < 1.29 is 19.3 Å². The fourth-order valence-corrected chi connectivity index (χ4v) is 4.62. The summed E-state index contributed by atoms with van der Waals surface area (Å²) in [7, 11) is 0. The maximum Gasteiger partial charge on any atom is 0.331 e. The second-order valence-electron chi connectivity index (χ2n) is 8.64. The van der Waals surface area contributed by atoms with Crippen molar-refractivity contribution in [1.82, 2.24) is 9.78 Å². The summed E-state index contributed by atoms with van der Waals surface area (Å²) in [6.45, 7) is 5.55. The summed E-state index contributed by atoms with van der Waals surface area (Å²) < 4.78 is 2.83. The number of hydrogen-bond acceptors (Lipinski definition) is 4. The molecule has 2 aromatic heterocycles. The van der Waals surface area contributed by atoms with Gasteiger partial charge in [-0.25, -0.2) is 9.58 Å². The van der Waals surface area contributed by atoms with Gasteiger partial charge in [-0.3, -0.25) is 9.59 Å². The number of aromatic nitrogens is 3. The molecule has 7 nitrogen and oxygen atoms in total. The first-order valence-electron chi connectivity index (χ1n) is 11.5. The normalized spacial score (nSPS) is 13.7. The predicted octanol–water partition coefficient (Wildman–Crippen LogP) is 4.01. The number of nitrogens with zero attached hydrogens (tertiary/aromatic N) is 4. The Labute approximate surface area is 213 Å². The zero-order valence-electron chi connectivity index (χ0n) is 20.0. The molecule has 0 atom stereocenters.